The third-order valence-electron chi connectivity index (χ3n) is 2.78. The minimum absolute atomic E-state index is 0.00849. The average molecular weight is 235 g/mol. The van der Waals surface area contributed by atoms with E-state index in [9.17, 15) is 4.79 Å². The number of hydrogen-bond acceptors (Lipinski definition) is 4. The molecule has 0 aliphatic carbocycles. The van der Waals surface area contributed by atoms with E-state index in [4.69, 9.17) is 10.5 Å². The molecule has 1 amide bonds. The summed E-state index contributed by atoms with van der Waals surface area (Å²) < 4.78 is 5.24. The van der Waals surface area contributed by atoms with Crippen molar-refractivity contribution in [3.63, 3.8) is 0 Å². The molecule has 5 nitrogen and oxygen atoms in total. The Morgan fingerprint density at radius 3 is 2.88 bits per heavy atom. The number of ether oxygens (including phenoxy) is 1. The van der Waals surface area contributed by atoms with Crippen molar-refractivity contribution in [2.75, 3.05) is 18.9 Å². The molecular formula is C12H17N3O2. The lowest BCUT2D eigenvalue weighted by molar-refractivity contribution is -0.121. The molecule has 2 rings (SSSR count). The predicted molar refractivity (Wildman–Crippen MR) is 64.3 cm³/mol. The van der Waals surface area contributed by atoms with Crippen LogP contribution in [0.2, 0.25) is 0 Å². The maximum absolute atomic E-state index is 11.7. The van der Waals surface area contributed by atoms with Gasteiger partial charge in [-0.15, -0.1) is 0 Å². The van der Waals surface area contributed by atoms with Gasteiger partial charge in [-0.05, 0) is 25.0 Å². The smallest absolute Gasteiger partial charge is 0.226 e. The number of aromatic nitrogens is 1. The summed E-state index contributed by atoms with van der Waals surface area (Å²) in [4.78, 5) is 15.8. The second-order valence-electron chi connectivity index (χ2n) is 4.21. The van der Waals surface area contributed by atoms with Gasteiger partial charge in [0.1, 0.15) is 0 Å². The molecule has 3 N–H and O–H groups in total. The van der Waals surface area contributed by atoms with Gasteiger partial charge < -0.3 is 15.8 Å². The van der Waals surface area contributed by atoms with E-state index in [1.54, 1.807) is 18.3 Å². The van der Waals surface area contributed by atoms with E-state index < -0.39 is 0 Å². The third-order valence-corrected chi connectivity index (χ3v) is 2.78. The number of nitrogens with one attached hydrogen (secondary N) is 1. The van der Waals surface area contributed by atoms with Gasteiger partial charge in [-0.2, -0.15) is 0 Å². The van der Waals surface area contributed by atoms with Gasteiger partial charge in [0.25, 0.3) is 0 Å². The SMILES string of the molecule is Nc1ccc(CC(=O)NC2CCOCC2)nc1. The number of nitrogen functional groups attached to an aromatic ring is 1. The van der Waals surface area contributed by atoms with E-state index in [-0.39, 0.29) is 11.9 Å². The lowest BCUT2D eigenvalue weighted by atomic mass is 10.1. The summed E-state index contributed by atoms with van der Waals surface area (Å²) >= 11 is 0. The van der Waals surface area contributed by atoms with Crippen molar-refractivity contribution in [1.29, 1.82) is 0 Å². The van der Waals surface area contributed by atoms with E-state index in [1.807, 2.05) is 0 Å². The molecule has 1 aromatic heterocycles. The van der Waals surface area contributed by atoms with Crippen LogP contribution < -0.4 is 11.1 Å². The molecule has 1 saturated heterocycles. The molecular weight excluding hydrogens is 218 g/mol. The van der Waals surface area contributed by atoms with Crippen molar-refractivity contribution in [2.45, 2.75) is 25.3 Å². The Balaban J connectivity index is 1.82. The largest absolute Gasteiger partial charge is 0.397 e. The van der Waals surface area contributed by atoms with Crippen LogP contribution in [-0.2, 0) is 16.0 Å². The highest BCUT2D eigenvalue weighted by molar-refractivity contribution is 5.78. The second kappa shape index (κ2) is 5.63. The number of amides is 1. The average Bonchev–Trinajstić information content (AvgIpc) is 2.33. The summed E-state index contributed by atoms with van der Waals surface area (Å²) in [5.41, 5.74) is 6.88. The molecule has 0 radical (unpaired) electrons. The third kappa shape index (κ3) is 3.71. The molecule has 0 aromatic carbocycles. The molecule has 1 aliphatic rings. The number of rotatable bonds is 3. The summed E-state index contributed by atoms with van der Waals surface area (Å²) in [5.74, 6) is 0.00849. The standard InChI is InChI=1S/C12H17N3O2/c13-9-1-2-11(14-8-9)7-12(16)15-10-3-5-17-6-4-10/h1-2,8,10H,3-7,13H2,(H,15,16). The topological polar surface area (TPSA) is 77.2 Å². The van der Waals surface area contributed by atoms with Crippen LogP contribution in [0.25, 0.3) is 0 Å². The van der Waals surface area contributed by atoms with Gasteiger partial charge in [-0.3, -0.25) is 9.78 Å². The minimum atomic E-state index is 0.00849. The minimum Gasteiger partial charge on any atom is -0.397 e. The number of carbonyl (C=O) groups excluding carboxylic acids is 1. The molecule has 17 heavy (non-hydrogen) atoms. The first-order chi connectivity index (χ1) is 8.24. The van der Waals surface area contributed by atoms with E-state index >= 15 is 0 Å². The van der Waals surface area contributed by atoms with Crippen molar-refractivity contribution >= 4 is 11.6 Å². The van der Waals surface area contributed by atoms with Crippen molar-refractivity contribution in [2.24, 2.45) is 0 Å². The maximum atomic E-state index is 11.7. The lowest BCUT2D eigenvalue weighted by Crippen LogP contribution is -2.39. The van der Waals surface area contributed by atoms with E-state index in [0.29, 0.717) is 12.1 Å². The molecule has 2 heterocycles. The van der Waals surface area contributed by atoms with Gasteiger partial charge in [0.05, 0.1) is 18.3 Å². The Kier molecular flexibility index (Phi) is 3.93. The monoisotopic (exact) mass is 235 g/mol. The molecule has 1 fully saturated rings. The molecule has 5 heteroatoms. The molecule has 0 saturated carbocycles. The van der Waals surface area contributed by atoms with Crippen LogP contribution in [0, 0.1) is 0 Å². The van der Waals surface area contributed by atoms with Gasteiger partial charge in [0.2, 0.25) is 5.91 Å². The van der Waals surface area contributed by atoms with Crippen LogP contribution >= 0.6 is 0 Å². The molecule has 0 bridgehead atoms. The first kappa shape index (κ1) is 11.9. The van der Waals surface area contributed by atoms with Crippen molar-refractivity contribution in [1.82, 2.24) is 10.3 Å². The van der Waals surface area contributed by atoms with Crippen LogP contribution in [0.4, 0.5) is 5.69 Å². The highest BCUT2D eigenvalue weighted by Crippen LogP contribution is 2.07. The van der Waals surface area contributed by atoms with Crippen LogP contribution in [0.15, 0.2) is 18.3 Å². The molecule has 0 spiro atoms. The maximum Gasteiger partial charge on any atom is 0.226 e. The summed E-state index contributed by atoms with van der Waals surface area (Å²) in [6, 6.07) is 3.77. The summed E-state index contributed by atoms with van der Waals surface area (Å²) in [6.07, 6.45) is 3.65. The Morgan fingerprint density at radius 2 is 2.24 bits per heavy atom. The van der Waals surface area contributed by atoms with Gasteiger partial charge in [0.15, 0.2) is 0 Å². The zero-order valence-electron chi connectivity index (χ0n) is 9.69. The predicted octanol–water partition coefficient (Wildman–Crippen LogP) is 0.501. The highest BCUT2D eigenvalue weighted by atomic mass is 16.5. The fourth-order valence-electron chi connectivity index (χ4n) is 1.83. The first-order valence-corrected chi connectivity index (χ1v) is 5.81. The molecule has 0 unspecified atom stereocenters. The fourth-order valence-corrected chi connectivity index (χ4v) is 1.83. The van der Waals surface area contributed by atoms with Gasteiger partial charge in [-0.25, -0.2) is 0 Å². The van der Waals surface area contributed by atoms with E-state index in [1.165, 1.54) is 0 Å². The van der Waals surface area contributed by atoms with Crippen molar-refractivity contribution in [3.8, 4) is 0 Å². The number of pyridine rings is 1. The highest BCUT2D eigenvalue weighted by Gasteiger charge is 2.16. The van der Waals surface area contributed by atoms with Crippen LogP contribution in [-0.4, -0.2) is 30.1 Å². The van der Waals surface area contributed by atoms with Crippen LogP contribution in [0.3, 0.4) is 0 Å². The van der Waals surface area contributed by atoms with E-state index in [0.717, 1.165) is 31.7 Å². The van der Waals surface area contributed by atoms with E-state index in [2.05, 4.69) is 10.3 Å². The van der Waals surface area contributed by atoms with Crippen LogP contribution in [0.5, 0.6) is 0 Å². The molecule has 1 aliphatic heterocycles. The fraction of sp³-hybridized carbons (Fsp3) is 0.500. The van der Waals surface area contributed by atoms with Crippen molar-refractivity contribution in [3.05, 3.63) is 24.0 Å². The Labute approximate surface area is 100 Å². The number of carbonyl (C=O) groups is 1. The zero-order chi connectivity index (χ0) is 12.1. The number of anilines is 1. The Hall–Kier alpha value is -1.62. The number of nitrogens with two attached hydrogens (primary N) is 1. The van der Waals surface area contributed by atoms with Gasteiger partial charge in [-0.1, -0.05) is 0 Å². The van der Waals surface area contributed by atoms with Crippen molar-refractivity contribution < 1.29 is 9.53 Å². The molecule has 92 valence electrons. The summed E-state index contributed by atoms with van der Waals surface area (Å²) in [6.45, 7) is 1.45. The zero-order valence-corrected chi connectivity index (χ0v) is 9.69. The lowest BCUT2D eigenvalue weighted by Gasteiger charge is -2.23. The summed E-state index contributed by atoms with van der Waals surface area (Å²) in [7, 11) is 0. The van der Waals surface area contributed by atoms with Crippen LogP contribution in [0.1, 0.15) is 18.5 Å². The molecule has 0 atom stereocenters. The first-order valence-electron chi connectivity index (χ1n) is 5.81. The number of hydrogen-bond donors (Lipinski definition) is 2. The normalized spacial score (nSPS) is 16.7. The van der Waals surface area contributed by atoms with Gasteiger partial charge >= 0.3 is 0 Å². The summed E-state index contributed by atoms with van der Waals surface area (Å²) in [5, 5.41) is 2.99. The quantitative estimate of drug-likeness (QED) is 0.800. The Bertz CT molecular complexity index is 372. The second-order valence-corrected chi connectivity index (χ2v) is 4.21. The van der Waals surface area contributed by atoms with Gasteiger partial charge in [0, 0.05) is 24.9 Å². The Morgan fingerprint density at radius 1 is 1.47 bits per heavy atom. The molecule has 1 aromatic rings. The number of nitrogens with zero attached hydrogens (tertiary/aromatic N) is 1.